The SMILES string of the molecule is NC(=O)c1cnc2c(cnn2Cc2ccccc2)c1. The Morgan fingerprint density at radius 2 is 2.00 bits per heavy atom. The molecule has 0 aliphatic carbocycles. The van der Waals surface area contributed by atoms with Gasteiger partial charge in [0.05, 0.1) is 18.3 Å². The molecule has 0 spiro atoms. The summed E-state index contributed by atoms with van der Waals surface area (Å²) in [6.45, 7) is 0.646. The van der Waals surface area contributed by atoms with Crippen molar-refractivity contribution in [3.8, 4) is 0 Å². The first-order valence-corrected chi connectivity index (χ1v) is 5.89. The van der Waals surface area contributed by atoms with Gasteiger partial charge in [-0.1, -0.05) is 30.3 Å². The zero-order valence-electron chi connectivity index (χ0n) is 10.2. The number of carbonyl (C=O) groups is 1. The van der Waals surface area contributed by atoms with Crippen molar-refractivity contribution in [3.63, 3.8) is 0 Å². The van der Waals surface area contributed by atoms with Gasteiger partial charge in [0.2, 0.25) is 5.91 Å². The van der Waals surface area contributed by atoms with Crippen molar-refractivity contribution in [3.05, 3.63) is 59.9 Å². The third-order valence-electron chi connectivity index (χ3n) is 2.94. The first kappa shape index (κ1) is 11.4. The molecule has 0 aliphatic heterocycles. The van der Waals surface area contributed by atoms with E-state index in [1.165, 1.54) is 6.20 Å². The Hall–Kier alpha value is -2.69. The molecule has 0 radical (unpaired) electrons. The summed E-state index contributed by atoms with van der Waals surface area (Å²) in [7, 11) is 0. The number of hydrogen-bond acceptors (Lipinski definition) is 3. The highest BCUT2D eigenvalue weighted by Gasteiger charge is 2.08. The number of aromatic nitrogens is 3. The van der Waals surface area contributed by atoms with Crippen molar-refractivity contribution in [1.29, 1.82) is 0 Å². The lowest BCUT2D eigenvalue weighted by Crippen LogP contribution is -2.11. The average molecular weight is 252 g/mol. The predicted molar refractivity (Wildman–Crippen MR) is 71.6 cm³/mol. The highest BCUT2D eigenvalue weighted by Crippen LogP contribution is 2.14. The first-order chi connectivity index (χ1) is 9.24. The van der Waals surface area contributed by atoms with Gasteiger partial charge in [-0.25, -0.2) is 9.67 Å². The molecule has 2 heterocycles. The minimum Gasteiger partial charge on any atom is -0.366 e. The normalized spacial score (nSPS) is 10.7. The molecule has 5 heteroatoms. The van der Waals surface area contributed by atoms with Crippen LogP contribution in [0.5, 0.6) is 0 Å². The van der Waals surface area contributed by atoms with Crippen LogP contribution in [-0.4, -0.2) is 20.7 Å². The van der Waals surface area contributed by atoms with Crippen molar-refractivity contribution in [2.45, 2.75) is 6.54 Å². The number of rotatable bonds is 3. The number of fused-ring (bicyclic) bond motifs is 1. The second kappa shape index (κ2) is 4.53. The fourth-order valence-electron chi connectivity index (χ4n) is 1.98. The molecule has 0 atom stereocenters. The van der Waals surface area contributed by atoms with Crippen molar-refractivity contribution >= 4 is 16.9 Å². The van der Waals surface area contributed by atoms with E-state index < -0.39 is 5.91 Å². The van der Waals surface area contributed by atoms with Crippen LogP contribution in [0.2, 0.25) is 0 Å². The predicted octanol–water partition coefficient (Wildman–Crippen LogP) is 1.58. The maximum atomic E-state index is 11.1. The van der Waals surface area contributed by atoms with Gasteiger partial charge in [-0.3, -0.25) is 4.79 Å². The molecule has 0 saturated carbocycles. The van der Waals surface area contributed by atoms with E-state index >= 15 is 0 Å². The number of pyridine rings is 1. The van der Waals surface area contributed by atoms with Crippen molar-refractivity contribution in [2.75, 3.05) is 0 Å². The maximum Gasteiger partial charge on any atom is 0.250 e. The van der Waals surface area contributed by atoms with Crippen LogP contribution >= 0.6 is 0 Å². The molecule has 2 N–H and O–H groups in total. The summed E-state index contributed by atoms with van der Waals surface area (Å²) in [6.07, 6.45) is 3.17. The molecule has 5 nitrogen and oxygen atoms in total. The molecule has 0 fully saturated rings. The zero-order chi connectivity index (χ0) is 13.2. The van der Waals surface area contributed by atoms with Crippen molar-refractivity contribution in [1.82, 2.24) is 14.8 Å². The van der Waals surface area contributed by atoms with Crippen LogP contribution in [0.15, 0.2) is 48.8 Å². The molecule has 0 bridgehead atoms. The fraction of sp³-hybridized carbons (Fsp3) is 0.0714. The third-order valence-corrected chi connectivity index (χ3v) is 2.94. The topological polar surface area (TPSA) is 73.8 Å². The Morgan fingerprint density at radius 1 is 1.21 bits per heavy atom. The van der Waals surface area contributed by atoms with Crippen LogP contribution in [0.1, 0.15) is 15.9 Å². The summed E-state index contributed by atoms with van der Waals surface area (Å²) < 4.78 is 1.80. The highest BCUT2D eigenvalue weighted by atomic mass is 16.1. The quantitative estimate of drug-likeness (QED) is 0.769. The van der Waals surface area contributed by atoms with Gasteiger partial charge in [-0.15, -0.1) is 0 Å². The molecular weight excluding hydrogens is 240 g/mol. The van der Waals surface area contributed by atoms with Gasteiger partial charge >= 0.3 is 0 Å². The Bertz CT molecular complexity index is 734. The van der Waals surface area contributed by atoms with Crippen LogP contribution < -0.4 is 5.73 Å². The molecule has 0 saturated heterocycles. The largest absolute Gasteiger partial charge is 0.366 e. The molecule has 94 valence electrons. The van der Waals surface area contributed by atoms with E-state index in [2.05, 4.69) is 10.1 Å². The lowest BCUT2D eigenvalue weighted by Gasteiger charge is -2.03. The Labute approximate surface area is 109 Å². The number of nitrogens with zero attached hydrogens (tertiary/aromatic N) is 3. The van der Waals surface area contributed by atoms with Crippen LogP contribution in [0.25, 0.3) is 11.0 Å². The van der Waals surface area contributed by atoms with Gasteiger partial charge < -0.3 is 5.73 Å². The molecule has 3 aromatic rings. The maximum absolute atomic E-state index is 11.1. The van der Waals surface area contributed by atoms with E-state index in [1.54, 1.807) is 16.9 Å². The smallest absolute Gasteiger partial charge is 0.250 e. The van der Waals surface area contributed by atoms with Gasteiger partial charge in [0.1, 0.15) is 0 Å². The molecule has 3 rings (SSSR count). The first-order valence-electron chi connectivity index (χ1n) is 5.89. The van der Waals surface area contributed by atoms with Crippen molar-refractivity contribution in [2.24, 2.45) is 5.73 Å². The number of primary amides is 1. The second-order valence-electron chi connectivity index (χ2n) is 4.29. The second-order valence-corrected chi connectivity index (χ2v) is 4.29. The minimum absolute atomic E-state index is 0.395. The molecule has 19 heavy (non-hydrogen) atoms. The Kier molecular flexibility index (Phi) is 2.72. The Morgan fingerprint density at radius 3 is 2.74 bits per heavy atom. The third kappa shape index (κ3) is 2.18. The van der Waals surface area contributed by atoms with Crippen LogP contribution in [0.4, 0.5) is 0 Å². The van der Waals surface area contributed by atoms with E-state index in [9.17, 15) is 4.79 Å². The summed E-state index contributed by atoms with van der Waals surface area (Å²) in [5, 5.41) is 5.11. The number of nitrogens with two attached hydrogens (primary N) is 1. The van der Waals surface area contributed by atoms with E-state index in [0.717, 1.165) is 16.6 Å². The molecule has 2 aromatic heterocycles. The minimum atomic E-state index is -0.481. The summed E-state index contributed by atoms with van der Waals surface area (Å²) in [5.41, 5.74) is 7.52. The summed E-state index contributed by atoms with van der Waals surface area (Å²) >= 11 is 0. The van der Waals surface area contributed by atoms with Gasteiger partial charge in [0.25, 0.3) is 0 Å². The summed E-state index contributed by atoms with van der Waals surface area (Å²) in [4.78, 5) is 15.4. The van der Waals surface area contributed by atoms with Gasteiger partial charge in [-0.05, 0) is 11.6 Å². The molecule has 1 aromatic carbocycles. The molecular formula is C14H12N4O. The number of carbonyl (C=O) groups excluding carboxylic acids is 1. The lowest BCUT2D eigenvalue weighted by atomic mass is 10.2. The van der Waals surface area contributed by atoms with Crippen molar-refractivity contribution < 1.29 is 4.79 Å². The monoisotopic (exact) mass is 252 g/mol. The lowest BCUT2D eigenvalue weighted by molar-refractivity contribution is 0.1000. The van der Waals surface area contributed by atoms with E-state index in [1.807, 2.05) is 30.3 Å². The zero-order valence-corrected chi connectivity index (χ0v) is 10.2. The number of hydrogen-bond donors (Lipinski definition) is 1. The number of amides is 1. The van der Waals surface area contributed by atoms with Crippen LogP contribution in [0.3, 0.4) is 0 Å². The van der Waals surface area contributed by atoms with Gasteiger partial charge in [0, 0.05) is 11.6 Å². The number of benzene rings is 1. The van der Waals surface area contributed by atoms with E-state index in [0.29, 0.717) is 12.1 Å². The van der Waals surface area contributed by atoms with Crippen LogP contribution in [-0.2, 0) is 6.54 Å². The Balaban J connectivity index is 1.99. The van der Waals surface area contributed by atoms with Crippen LogP contribution in [0, 0.1) is 0 Å². The molecule has 1 amide bonds. The van der Waals surface area contributed by atoms with Gasteiger partial charge in [0.15, 0.2) is 5.65 Å². The standard InChI is InChI=1S/C14H12N4O/c15-13(19)11-6-12-8-17-18(14(12)16-7-11)9-10-4-2-1-3-5-10/h1-8H,9H2,(H2,15,19). The fourth-order valence-corrected chi connectivity index (χ4v) is 1.98. The van der Waals surface area contributed by atoms with E-state index in [-0.39, 0.29) is 0 Å². The van der Waals surface area contributed by atoms with E-state index in [4.69, 9.17) is 5.73 Å². The van der Waals surface area contributed by atoms with Gasteiger partial charge in [-0.2, -0.15) is 5.10 Å². The average Bonchev–Trinajstić information content (AvgIpc) is 2.82. The summed E-state index contributed by atoms with van der Waals surface area (Å²) in [5.74, 6) is -0.481. The summed E-state index contributed by atoms with van der Waals surface area (Å²) in [6, 6.07) is 11.7. The molecule has 0 unspecified atom stereocenters. The molecule has 0 aliphatic rings. The highest BCUT2D eigenvalue weighted by molar-refractivity contribution is 5.95.